The average molecular weight is 441 g/mol. The van der Waals surface area contributed by atoms with Crippen molar-refractivity contribution in [3.05, 3.63) is 94.1 Å². The maximum absolute atomic E-state index is 12.0. The minimum Gasteiger partial charge on any atom is -0.465 e. The number of esters is 1. The van der Waals surface area contributed by atoms with Crippen LogP contribution in [0, 0.1) is 25.2 Å². The van der Waals surface area contributed by atoms with Gasteiger partial charge in [-0.25, -0.2) is 4.79 Å². The monoisotopic (exact) mass is 440 g/mol. The third kappa shape index (κ3) is 4.64. The molecule has 1 aromatic carbocycles. The molecule has 3 aromatic rings. The maximum Gasteiger partial charge on any atom is 0.337 e. The number of carbonyl (C=O) groups excluding carboxylic acids is 1. The fourth-order valence-corrected chi connectivity index (χ4v) is 4.81. The molecule has 6 heteroatoms. The van der Waals surface area contributed by atoms with E-state index in [0.717, 1.165) is 47.3 Å². The van der Waals surface area contributed by atoms with E-state index >= 15 is 0 Å². The zero-order valence-corrected chi connectivity index (χ0v) is 19.3. The van der Waals surface area contributed by atoms with Gasteiger partial charge in [-0.2, -0.15) is 5.26 Å². The first-order valence-electron chi connectivity index (χ1n) is 11.2. The van der Waals surface area contributed by atoms with Gasteiger partial charge in [-0.1, -0.05) is 18.2 Å². The number of benzene rings is 1. The van der Waals surface area contributed by atoms with E-state index in [9.17, 15) is 10.1 Å². The smallest absolute Gasteiger partial charge is 0.337 e. The molecular formula is C27H28N4O2. The highest BCUT2D eigenvalue weighted by Crippen LogP contribution is 2.43. The summed E-state index contributed by atoms with van der Waals surface area (Å²) < 4.78 is 4.83. The van der Waals surface area contributed by atoms with E-state index in [-0.39, 0.29) is 12.1 Å². The Kier molecular flexibility index (Phi) is 6.81. The number of aryl methyl sites for hydroxylation is 2. The number of nitrogens with zero attached hydrogens (tertiary/aromatic N) is 4. The molecule has 0 saturated carbocycles. The van der Waals surface area contributed by atoms with Crippen molar-refractivity contribution in [1.29, 1.82) is 5.26 Å². The minimum absolute atomic E-state index is 0.109. The molecule has 0 radical (unpaired) electrons. The Morgan fingerprint density at radius 1 is 1.06 bits per heavy atom. The number of rotatable bonds is 5. The van der Waals surface area contributed by atoms with Crippen molar-refractivity contribution < 1.29 is 9.53 Å². The third-order valence-electron chi connectivity index (χ3n) is 6.49. The van der Waals surface area contributed by atoms with Crippen molar-refractivity contribution in [2.24, 2.45) is 0 Å². The Balaban J connectivity index is 1.78. The van der Waals surface area contributed by atoms with E-state index in [1.807, 2.05) is 30.6 Å². The number of ether oxygens (including phenoxy) is 1. The Morgan fingerprint density at radius 2 is 1.67 bits per heavy atom. The van der Waals surface area contributed by atoms with Crippen LogP contribution in [0.3, 0.4) is 0 Å². The second-order valence-corrected chi connectivity index (χ2v) is 8.52. The maximum atomic E-state index is 12.0. The van der Waals surface area contributed by atoms with Gasteiger partial charge >= 0.3 is 5.97 Å². The number of nitriles is 1. The summed E-state index contributed by atoms with van der Waals surface area (Å²) in [4.78, 5) is 23.9. The molecule has 0 amide bonds. The van der Waals surface area contributed by atoms with Crippen LogP contribution in [-0.4, -0.2) is 27.9 Å². The van der Waals surface area contributed by atoms with Gasteiger partial charge < -0.3 is 4.74 Å². The van der Waals surface area contributed by atoms with Crippen LogP contribution >= 0.6 is 0 Å². The van der Waals surface area contributed by atoms with E-state index in [1.165, 1.54) is 7.11 Å². The molecule has 3 heterocycles. The molecule has 168 valence electrons. The van der Waals surface area contributed by atoms with E-state index in [0.29, 0.717) is 17.7 Å². The molecule has 1 aliphatic heterocycles. The van der Waals surface area contributed by atoms with E-state index in [2.05, 4.69) is 36.9 Å². The van der Waals surface area contributed by atoms with Crippen molar-refractivity contribution in [3.8, 4) is 6.07 Å². The lowest BCUT2D eigenvalue weighted by molar-refractivity contribution is 0.0600. The van der Waals surface area contributed by atoms with Crippen LogP contribution in [0.5, 0.6) is 0 Å². The molecule has 1 fully saturated rings. The van der Waals surface area contributed by atoms with Crippen LogP contribution in [0.1, 0.15) is 75.3 Å². The molecule has 2 aromatic heterocycles. The molecule has 0 aliphatic carbocycles. The van der Waals surface area contributed by atoms with Crippen LogP contribution < -0.4 is 0 Å². The van der Waals surface area contributed by atoms with E-state index in [1.54, 1.807) is 12.1 Å². The first-order chi connectivity index (χ1) is 16.0. The molecular weight excluding hydrogens is 412 g/mol. The lowest BCUT2D eigenvalue weighted by Gasteiger charge is -2.42. The zero-order valence-electron chi connectivity index (χ0n) is 19.3. The summed E-state index contributed by atoms with van der Waals surface area (Å²) in [7, 11) is 1.34. The van der Waals surface area contributed by atoms with Crippen molar-refractivity contribution in [2.45, 2.75) is 51.7 Å². The summed E-state index contributed by atoms with van der Waals surface area (Å²) in [5.41, 5.74) is 6.20. The van der Waals surface area contributed by atoms with Crippen molar-refractivity contribution in [3.63, 3.8) is 0 Å². The molecule has 6 nitrogen and oxygen atoms in total. The summed E-state index contributed by atoms with van der Waals surface area (Å²) in [6, 6.07) is 15.8. The highest BCUT2D eigenvalue weighted by Gasteiger charge is 2.35. The van der Waals surface area contributed by atoms with Gasteiger partial charge in [-0.3, -0.25) is 14.9 Å². The van der Waals surface area contributed by atoms with Gasteiger partial charge in [0.1, 0.15) is 0 Å². The first-order valence-corrected chi connectivity index (χ1v) is 11.2. The van der Waals surface area contributed by atoms with Gasteiger partial charge in [0.2, 0.25) is 0 Å². The highest BCUT2D eigenvalue weighted by atomic mass is 16.5. The van der Waals surface area contributed by atoms with Gasteiger partial charge in [0.15, 0.2) is 0 Å². The summed E-state index contributed by atoms with van der Waals surface area (Å²) in [6.45, 7) is 4.76. The summed E-state index contributed by atoms with van der Waals surface area (Å²) >= 11 is 0. The van der Waals surface area contributed by atoms with Gasteiger partial charge in [-0.15, -0.1) is 0 Å². The molecule has 1 aliphatic rings. The molecule has 33 heavy (non-hydrogen) atoms. The number of aromatic nitrogens is 2. The Hall–Kier alpha value is -3.56. The van der Waals surface area contributed by atoms with Crippen LogP contribution in [0.2, 0.25) is 0 Å². The molecule has 2 atom stereocenters. The molecule has 1 saturated heterocycles. The van der Waals surface area contributed by atoms with Gasteiger partial charge in [0.25, 0.3) is 0 Å². The van der Waals surface area contributed by atoms with Crippen LogP contribution in [0.15, 0.2) is 54.9 Å². The first kappa shape index (κ1) is 22.6. The number of pyridine rings is 2. The SMILES string of the molecule is COC(=O)c1ccc(CN2[C@@H](c3ncccc3C)CCC[C@H]2c2ncccc2C)c(C#N)c1. The standard InChI is InChI=1S/C27H28N4O2/c1-18-7-5-13-29-25(18)23-9-4-10-24(26-19(2)8-6-14-30-26)31(23)17-21-12-11-20(27(32)33-3)15-22(21)16-28/h5-8,11-15,23-24H,4,9-10,17H2,1-3H3/t23-,24+. The second kappa shape index (κ2) is 9.93. The summed E-state index contributed by atoms with van der Waals surface area (Å²) in [5.74, 6) is -0.444. The lowest BCUT2D eigenvalue weighted by Crippen LogP contribution is -2.37. The van der Waals surface area contributed by atoms with Crippen LogP contribution in [0.4, 0.5) is 0 Å². The quantitative estimate of drug-likeness (QED) is 0.506. The van der Waals surface area contributed by atoms with Crippen molar-refractivity contribution in [1.82, 2.24) is 14.9 Å². The topological polar surface area (TPSA) is 79.1 Å². The van der Waals surface area contributed by atoms with E-state index in [4.69, 9.17) is 14.7 Å². The van der Waals surface area contributed by atoms with Crippen molar-refractivity contribution in [2.75, 3.05) is 7.11 Å². The summed E-state index contributed by atoms with van der Waals surface area (Å²) in [6.07, 6.45) is 6.75. The number of methoxy groups -OCH3 is 1. The number of likely N-dealkylation sites (tertiary alicyclic amines) is 1. The molecule has 4 rings (SSSR count). The summed E-state index contributed by atoms with van der Waals surface area (Å²) in [5, 5.41) is 9.84. The minimum atomic E-state index is -0.444. The van der Waals surface area contributed by atoms with Gasteiger partial charge in [0, 0.05) is 18.9 Å². The second-order valence-electron chi connectivity index (χ2n) is 8.52. The molecule has 0 bridgehead atoms. The number of hydrogen-bond donors (Lipinski definition) is 0. The number of piperidine rings is 1. The zero-order chi connectivity index (χ0) is 23.4. The Morgan fingerprint density at radius 3 is 2.18 bits per heavy atom. The van der Waals surface area contributed by atoms with Crippen LogP contribution in [-0.2, 0) is 11.3 Å². The highest BCUT2D eigenvalue weighted by molar-refractivity contribution is 5.89. The van der Waals surface area contributed by atoms with Gasteiger partial charge in [0.05, 0.1) is 47.8 Å². The van der Waals surface area contributed by atoms with Crippen LogP contribution in [0.25, 0.3) is 0 Å². The molecule has 0 spiro atoms. The lowest BCUT2D eigenvalue weighted by atomic mass is 9.88. The van der Waals surface area contributed by atoms with Gasteiger partial charge in [-0.05, 0) is 74.1 Å². The Labute approximate surface area is 194 Å². The third-order valence-corrected chi connectivity index (χ3v) is 6.49. The number of hydrogen-bond acceptors (Lipinski definition) is 6. The normalized spacial score (nSPS) is 18.5. The number of carbonyl (C=O) groups is 1. The molecule has 0 unspecified atom stereocenters. The average Bonchev–Trinajstić information content (AvgIpc) is 2.85. The van der Waals surface area contributed by atoms with Crippen molar-refractivity contribution >= 4 is 5.97 Å². The molecule has 0 N–H and O–H groups in total. The predicted octanol–water partition coefficient (Wildman–Crippen LogP) is 5.22. The largest absolute Gasteiger partial charge is 0.465 e. The van der Waals surface area contributed by atoms with E-state index < -0.39 is 5.97 Å². The fraction of sp³-hybridized carbons (Fsp3) is 0.333. The Bertz CT molecular complexity index is 1150. The predicted molar refractivity (Wildman–Crippen MR) is 125 cm³/mol. The fourth-order valence-electron chi connectivity index (χ4n) is 4.81.